The minimum atomic E-state index is 0.491. The Morgan fingerprint density at radius 3 is 2.75 bits per heavy atom. The van der Waals surface area contributed by atoms with Crippen molar-refractivity contribution in [3.8, 4) is 5.75 Å². The van der Waals surface area contributed by atoms with Gasteiger partial charge in [0.15, 0.2) is 0 Å². The van der Waals surface area contributed by atoms with Crippen molar-refractivity contribution < 1.29 is 4.74 Å². The predicted octanol–water partition coefficient (Wildman–Crippen LogP) is 4.71. The molecule has 1 atom stereocenters. The van der Waals surface area contributed by atoms with Gasteiger partial charge in [-0.3, -0.25) is 0 Å². The van der Waals surface area contributed by atoms with Crippen molar-refractivity contribution in [3.05, 3.63) is 29.8 Å². The molecule has 0 amide bonds. The lowest BCUT2D eigenvalue weighted by Gasteiger charge is -2.30. The van der Waals surface area contributed by atoms with Crippen LogP contribution in [-0.2, 0) is 0 Å². The van der Waals surface area contributed by atoms with Gasteiger partial charge in [-0.15, -0.1) is 0 Å². The van der Waals surface area contributed by atoms with Crippen LogP contribution in [0.3, 0.4) is 0 Å². The molecule has 1 aliphatic rings. The van der Waals surface area contributed by atoms with Crippen molar-refractivity contribution in [1.29, 1.82) is 0 Å². The van der Waals surface area contributed by atoms with E-state index in [0.29, 0.717) is 6.04 Å². The fraction of sp³-hybridized carbons (Fsp3) is 0.667. The number of benzene rings is 1. The second-order valence-corrected chi connectivity index (χ2v) is 5.96. The highest BCUT2D eigenvalue weighted by Gasteiger charge is 2.22. The Morgan fingerprint density at radius 1 is 1.25 bits per heavy atom. The number of rotatable bonds is 9. The van der Waals surface area contributed by atoms with Crippen molar-refractivity contribution in [2.75, 3.05) is 13.2 Å². The number of hydrogen-bond donors (Lipinski definition) is 1. The molecule has 0 bridgehead atoms. The third kappa shape index (κ3) is 4.52. The second kappa shape index (κ2) is 8.31. The van der Waals surface area contributed by atoms with E-state index in [2.05, 4.69) is 43.4 Å². The molecule has 0 aromatic heterocycles. The Labute approximate surface area is 123 Å². The summed E-state index contributed by atoms with van der Waals surface area (Å²) in [6.45, 7) is 6.27. The summed E-state index contributed by atoms with van der Waals surface area (Å²) >= 11 is 0. The lowest BCUT2D eigenvalue weighted by Crippen LogP contribution is -2.26. The molecule has 1 aromatic carbocycles. The largest absolute Gasteiger partial charge is 0.494 e. The van der Waals surface area contributed by atoms with Gasteiger partial charge >= 0.3 is 0 Å². The average molecular weight is 275 g/mol. The Bertz CT molecular complexity index is 387. The zero-order valence-corrected chi connectivity index (χ0v) is 13.0. The van der Waals surface area contributed by atoms with E-state index >= 15 is 0 Å². The number of ether oxygens (including phenoxy) is 1. The molecule has 1 unspecified atom stereocenters. The van der Waals surface area contributed by atoms with Crippen molar-refractivity contribution in [3.63, 3.8) is 0 Å². The van der Waals surface area contributed by atoms with Crippen molar-refractivity contribution in [1.82, 2.24) is 5.32 Å². The molecule has 1 saturated carbocycles. The van der Waals surface area contributed by atoms with Crippen molar-refractivity contribution >= 4 is 0 Å². The first-order valence-corrected chi connectivity index (χ1v) is 8.29. The minimum absolute atomic E-state index is 0.491. The SMILES string of the molecule is CCCNC(CC1CCC1)c1cccc(OCCC)c1. The maximum absolute atomic E-state index is 5.77. The first kappa shape index (κ1) is 15.4. The van der Waals surface area contributed by atoms with Crippen LogP contribution in [-0.4, -0.2) is 13.2 Å². The number of hydrogen-bond acceptors (Lipinski definition) is 2. The summed E-state index contributed by atoms with van der Waals surface area (Å²) in [5, 5.41) is 3.71. The molecule has 0 heterocycles. The third-order valence-corrected chi connectivity index (χ3v) is 4.17. The van der Waals surface area contributed by atoms with Gasteiger partial charge in [0.25, 0.3) is 0 Å². The summed E-state index contributed by atoms with van der Waals surface area (Å²) in [5.74, 6) is 1.94. The fourth-order valence-corrected chi connectivity index (χ4v) is 2.76. The smallest absolute Gasteiger partial charge is 0.119 e. The molecule has 2 nitrogen and oxygen atoms in total. The molecule has 1 aliphatic carbocycles. The Balaban J connectivity index is 2.01. The number of nitrogens with one attached hydrogen (secondary N) is 1. The maximum atomic E-state index is 5.77. The van der Waals surface area contributed by atoms with Crippen LogP contribution < -0.4 is 10.1 Å². The van der Waals surface area contributed by atoms with Crippen LogP contribution in [0.15, 0.2) is 24.3 Å². The molecule has 0 aliphatic heterocycles. The van der Waals surface area contributed by atoms with Gasteiger partial charge in [0, 0.05) is 6.04 Å². The predicted molar refractivity (Wildman–Crippen MR) is 85.2 cm³/mol. The first-order chi connectivity index (χ1) is 9.83. The fourth-order valence-electron chi connectivity index (χ4n) is 2.76. The molecule has 1 aromatic rings. The van der Waals surface area contributed by atoms with Gasteiger partial charge in [-0.1, -0.05) is 45.2 Å². The van der Waals surface area contributed by atoms with Gasteiger partial charge in [-0.05, 0) is 49.4 Å². The van der Waals surface area contributed by atoms with Gasteiger partial charge in [0.05, 0.1) is 6.61 Å². The van der Waals surface area contributed by atoms with Crippen molar-refractivity contribution in [2.24, 2.45) is 5.92 Å². The molecule has 20 heavy (non-hydrogen) atoms. The lowest BCUT2D eigenvalue weighted by molar-refractivity contribution is 0.260. The van der Waals surface area contributed by atoms with Crippen molar-refractivity contribution in [2.45, 2.75) is 58.4 Å². The zero-order valence-electron chi connectivity index (χ0n) is 13.0. The Morgan fingerprint density at radius 2 is 2.10 bits per heavy atom. The molecular formula is C18H29NO. The van der Waals surface area contributed by atoms with Crippen LogP contribution >= 0.6 is 0 Å². The van der Waals surface area contributed by atoms with E-state index in [9.17, 15) is 0 Å². The summed E-state index contributed by atoms with van der Waals surface area (Å²) < 4.78 is 5.77. The lowest BCUT2D eigenvalue weighted by atomic mass is 9.79. The molecule has 0 spiro atoms. The van der Waals surface area contributed by atoms with E-state index in [4.69, 9.17) is 4.74 Å². The molecular weight excluding hydrogens is 246 g/mol. The van der Waals surface area contributed by atoms with Crippen LogP contribution in [0.5, 0.6) is 5.75 Å². The quantitative estimate of drug-likeness (QED) is 0.705. The second-order valence-electron chi connectivity index (χ2n) is 5.96. The molecule has 112 valence electrons. The standard InChI is InChI=1S/C18H29NO/c1-3-11-19-18(13-15-7-5-8-15)16-9-6-10-17(14-16)20-12-4-2/h6,9-10,14-15,18-19H,3-5,7-8,11-13H2,1-2H3. The van der Waals surface area contributed by atoms with Crippen LogP contribution in [0, 0.1) is 5.92 Å². The summed E-state index contributed by atoms with van der Waals surface area (Å²) in [4.78, 5) is 0. The van der Waals surface area contributed by atoms with E-state index in [1.165, 1.54) is 37.7 Å². The molecule has 2 heteroatoms. The van der Waals surface area contributed by atoms with E-state index in [1.807, 2.05) is 0 Å². The minimum Gasteiger partial charge on any atom is -0.494 e. The first-order valence-electron chi connectivity index (χ1n) is 8.29. The molecule has 0 radical (unpaired) electrons. The van der Waals surface area contributed by atoms with Crippen LogP contribution in [0.4, 0.5) is 0 Å². The summed E-state index contributed by atoms with van der Waals surface area (Å²) in [7, 11) is 0. The average Bonchev–Trinajstić information content (AvgIpc) is 2.43. The van der Waals surface area contributed by atoms with Gasteiger partial charge in [0.1, 0.15) is 5.75 Å². The maximum Gasteiger partial charge on any atom is 0.119 e. The zero-order chi connectivity index (χ0) is 14.2. The van der Waals surface area contributed by atoms with E-state index < -0.39 is 0 Å². The van der Waals surface area contributed by atoms with E-state index in [0.717, 1.165) is 31.2 Å². The van der Waals surface area contributed by atoms with Gasteiger partial charge < -0.3 is 10.1 Å². The molecule has 1 N–H and O–H groups in total. The monoisotopic (exact) mass is 275 g/mol. The van der Waals surface area contributed by atoms with Crippen LogP contribution in [0.1, 0.15) is 64.0 Å². The van der Waals surface area contributed by atoms with Gasteiger partial charge in [-0.25, -0.2) is 0 Å². The normalized spacial score (nSPS) is 16.7. The highest BCUT2D eigenvalue weighted by molar-refractivity contribution is 5.30. The van der Waals surface area contributed by atoms with Crippen LogP contribution in [0.25, 0.3) is 0 Å². The van der Waals surface area contributed by atoms with E-state index in [-0.39, 0.29) is 0 Å². The van der Waals surface area contributed by atoms with Gasteiger partial charge in [0.2, 0.25) is 0 Å². The Kier molecular flexibility index (Phi) is 6.38. The molecule has 1 fully saturated rings. The van der Waals surface area contributed by atoms with E-state index in [1.54, 1.807) is 0 Å². The third-order valence-electron chi connectivity index (χ3n) is 4.17. The summed E-state index contributed by atoms with van der Waals surface area (Å²) in [6, 6.07) is 9.15. The van der Waals surface area contributed by atoms with Crippen LogP contribution in [0.2, 0.25) is 0 Å². The summed E-state index contributed by atoms with van der Waals surface area (Å²) in [5.41, 5.74) is 1.39. The molecule has 0 saturated heterocycles. The highest BCUT2D eigenvalue weighted by Crippen LogP contribution is 2.35. The Hall–Kier alpha value is -1.02. The topological polar surface area (TPSA) is 21.3 Å². The highest BCUT2D eigenvalue weighted by atomic mass is 16.5. The molecule has 2 rings (SSSR count). The summed E-state index contributed by atoms with van der Waals surface area (Å²) in [6.07, 6.45) is 7.77. The van der Waals surface area contributed by atoms with Gasteiger partial charge in [-0.2, -0.15) is 0 Å².